The maximum atomic E-state index is 12.4. The van der Waals surface area contributed by atoms with E-state index < -0.39 is 12.3 Å². The number of para-hydroxylation sites is 1. The number of phenolic OH excluding ortho intramolecular Hbond substituents is 1. The van der Waals surface area contributed by atoms with Gasteiger partial charge in [-0.1, -0.05) is 36.4 Å². The zero-order valence-electron chi connectivity index (χ0n) is 9.72. The molecule has 0 fully saturated rings. The molecule has 2 aromatic carbocycles. The van der Waals surface area contributed by atoms with Crippen LogP contribution in [0.2, 0.25) is 0 Å². The molecular formula is C14H11F3O2. The number of aliphatic hydroxyl groups is 1. The summed E-state index contributed by atoms with van der Waals surface area (Å²) in [6.07, 6.45) is -7.24. The molecule has 1 unspecified atom stereocenters. The average Bonchev–Trinajstić information content (AvgIpc) is 2.37. The van der Waals surface area contributed by atoms with Crippen molar-refractivity contribution in [2.24, 2.45) is 0 Å². The SMILES string of the molecule is Oc1ccccc1-c1cccc(C(O)C(F)(F)F)c1. The molecule has 0 spiro atoms. The Labute approximate surface area is 107 Å². The monoisotopic (exact) mass is 268 g/mol. The van der Waals surface area contributed by atoms with E-state index in [0.717, 1.165) is 0 Å². The molecule has 2 rings (SSSR count). The van der Waals surface area contributed by atoms with Gasteiger partial charge in [0.2, 0.25) is 0 Å². The van der Waals surface area contributed by atoms with E-state index in [0.29, 0.717) is 11.1 Å². The van der Waals surface area contributed by atoms with Gasteiger partial charge in [-0.2, -0.15) is 13.2 Å². The normalized spacial score (nSPS) is 13.3. The van der Waals surface area contributed by atoms with Gasteiger partial charge in [0.15, 0.2) is 6.10 Å². The van der Waals surface area contributed by atoms with Crippen molar-refractivity contribution in [1.29, 1.82) is 0 Å². The van der Waals surface area contributed by atoms with Gasteiger partial charge in [0.25, 0.3) is 0 Å². The minimum absolute atomic E-state index is 0.0267. The Morgan fingerprint density at radius 3 is 2.26 bits per heavy atom. The van der Waals surface area contributed by atoms with Crippen LogP contribution in [0, 0.1) is 0 Å². The highest BCUT2D eigenvalue weighted by Gasteiger charge is 2.39. The van der Waals surface area contributed by atoms with E-state index >= 15 is 0 Å². The molecule has 100 valence electrons. The predicted molar refractivity (Wildman–Crippen MR) is 64.6 cm³/mol. The molecule has 2 nitrogen and oxygen atoms in total. The van der Waals surface area contributed by atoms with Crippen molar-refractivity contribution in [3.63, 3.8) is 0 Å². The van der Waals surface area contributed by atoms with Gasteiger partial charge >= 0.3 is 6.18 Å². The van der Waals surface area contributed by atoms with Crippen LogP contribution in [0.3, 0.4) is 0 Å². The van der Waals surface area contributed by atoms with Crippen LogP contribution in [0.4, 0.5) is 13.2 Å². The number of aromatic hydroxyl groups is 1. The van der Waals surface area contributed by atoms with Crippen molar-refractivity contribution in [1.82, 2.24) is 0 Å². The quantitative estimate of drug-likeness (QED) is 0.872. The molecule has 2 N–H and O–H groups in total. The molecule has 0 saturated carbocycles. The van der Waals surface area contributed by atoms with Crippen LogP contribution in [-0.4, -0.2) is 16.4 Å². The van der Waals surface area contributed by atoms with E-state index in [1.807, 2.05) is 0 Å². The Morgan fingerprint density at radius 2 is 1.63 bits per heavy atom. The molecule has 0 saturated heterocycles. The predicted octanol–water partition coefficient (Wildman–Crippen LogP) is 3.65. The van der Waals surface area contributed by atoms with Gasteiger partial charge in [-0.25, -0.2) is 0 Å². The fourth-order valence-corrected chi connectivity index (χ4v) is 1.78. The Kier molecular flexibility index (Phi) is 3.48. The molecule has 0 heterocycles. The van der Waals surface area contributed by atoms with E-state index in [1.165, 1.54) is 24.3 Å². The van der Waals surface area contributed by atoms with Gasteiger partial charge in [0, 0.05) is 5.56 Å². The lowest BCUT2D eigenvalue weighted by atomic mass is 10.00. The van der Waals surface area contributed by atoms with E-state index in [1.54, 1.807) is 24.3 Å². The lowest BCUT2D eigenvalue weighted by molar-refractivity contribution is -0.206. The highest BCUT2D eigenvalue weighted by Crippen LogP contribution is 2.35. The van der Waals surface area contributed by atoms with Crippen molar-refractivity contribution in [3.05, 3.63) is 54.1 Å². The summed E-state index contributed by atoms with van der Waals surface area (Å²) in [5.41, 5.74) is 0.575. The molecule has 1 atom stereocenters. The zero-order valence-corrected chi connectivity index (χ0v) is 9.72. The van der Waals surface area contributed by atoms with Crippen molar-refractivity contribution in [2.45, 2.75) is 12.3 Å². The van der Waals surface area contributed by atoms with E-state index in [9.17, 15) is 23.4 Å². The first kappa shape index (κ1) is 13.4. The van der Waals surface area contributed by atoms with Crippen molar-refractivity contribution >= 4 is 0 Å². The molecule has 0 aromatic heterocycles. The zero-order chi connectivity index (χ0) is 14.0. The largest absolute Gasteiger partial charge is 0.507 e. The first-order valence-corrected chi connectivity index (χ1v) is 5.52. The summed E-state index contributed by atoms with van der Waals surface area (Å²) in [6, 6.07) is 11.7. The molecule has 0 aliphatic carbocycles. The minimum Gasteiger partial charge on any atom is -0.507 e. The molecule has 5 heteroatoms. The van der Waals surface area contributed by atoms with Gasteiger partial charge in [-0.3, -0.25) is 0 Å². The van der Waals surface area contributed by atoms with E-state index in [4.69, 9.17) is 0 Å². The second kappa shape index (κ2) is 4.93. The molecule has 0 aliphatic heterocycles. The standard InChI is InChI=1S/C14H11F3O2/c15-14(16,17)13(19)10-5-3-4-9(8-10)11-6-1-2-7-12(11)18/h1-8,13,18-19H. The molecule has 19 heavy (non-hydrogen) atoms. The second-order valence-corrected chi connectivity index (χ2v) is 4.09. The maximum Gasteiger partial charge on any atom is 0.418 e. The summed E-state index contributed by atoms with van der Waals surface area (Å²) < 4.78 is 37.3. The Balaban J connectivity index is 2.43. The second-order valence-electron chi connectivity index (χ2n) is 4.09. The molecule has 0 bridgehead atoms. The van der Waals surface area contributed by atoms with Gasteiger partial charge in [0.1, 0.15) is 5.75 Å². The number of aliphatic hydroxyl groups excluding tert-OH is 1. The minimum atomic E-state index is -4.71. The lowest BCUT2D eigenvalue weighted by Crippen LogP contribution is -2.20. The van der Waals surface area contributed by atoms with E-state index in [-0.39, 0.29) is 11.3 Å². The third kappa shape index (κ3) is 2.88. The molecular weight excluding hydrogens is 257 g/mol. The number of benzene rings is 2. The smallest absolute Gasteiger partial charge is 0.418 e. The van der Waals surface area contributed by atoms with Crippen LogP contribution in [-0.2, 0) is 0 Å². The van der Waals surface area contributed by atoms with Crippen molar-refractivity contribution in [2.75, 3.05) is 0 Å². The molecule has 0 radical (unpaired) electrons. The fourth-order valence-electron chi connectivity index (χ4n) is 1.78. The highest BCUT2D eigenvalue weighted by atomic mass is 19.4. The van der Waals surface area contributed by atoms with Crippen molar-refractivity contribution in [3.8, 4) is 16.9 Å². The third-order valence-electron chi connectivity index (χ3n) is 2.73. The summed E-state index contributed by atoms with van der Waals surface area (Å²) >= 11 is 0. The number of halogens is 3. The first-order chi connectivity index (χ1) is 8.89. The summed E-state index contributed by atoms with van der Waals surface area (Å²) in [7, 11) is 0. The Hall–Kier alpha value is -2.01. The van der Waals surface area contributed by atoms with Crippen LogP contribution in [0.5, 0.6) is 5.75 Å². The first-order valence-electron chi connectivity index (χ1n) is 5.52. The van der Waals surface area contributed by atoms with Gasteiger partial charge in [-0.15, -0.1) is 0 Å². The molecule has 0 amide bonds. The Bertz CT molecular complexity index is 579. The van der Waals surface area contributed by atoms with Crippen LogP contribution >= 0.6 is 0 Å². The van der Waals surface area contributed by atoms with Crippen LogP contribution in [0.1, 0.15) is 11.7 Å². The van der Waals surface area contributed by atoms with Crippen LogP contribution < -0.4 is 0 Å². The summed E-state index contributed by atoms with van der Waals surface area (Å²) in [5, 5.41) is 18.9. The van der Waals surface area contributed by atoms with Crippen LogP contribution in [0.15, 0.2) is 48.5 Å². The van der Waals surface area contributed by atoms with Gasteiger partial charge < -0.3 is 10.2 Å². The highest BCUT2D eigenvalue weighted by molar-refractivity contribution is 5.70. The summed E-state index contributed by atoms with van der Waals surface area (Å²) in [5.74, 6) is -0.0267. The molecule has 2 aromatic rings. The van der Waals surface area contributed by atoms with Crippen LogP contribution in [0.25, 0.3) is 11.1 Å². The Morgan fingerprint density at radius 1 is 0.947 bits per heavy atom. The number of alkyl halides is 3. The maximum absolute atomic E-state index is 12.4. The lowest BCUT2D eigenvalue weighted by Gasteiger charge is -2.15. The van der Waals surface area contributed by atoms with E-state index in [2.05, 4.69) is 0 Å². The third-order valence-corrected chi connectivity index (χ3v) is 2.73. The van der Waals surface area contributed by atoms with Crippen molar-refractivity contribution < 1.29 is 23.4 Å². The molecule has 0 aliphatic rings. The van der Waals surface area contributed by atoms with Gasteiger partial charge in [-0.05, 0) is 23.3 Å². The fraction of sp³-hybridized carbons (Fsp3) is 0.143. The number of rotatable bonds is 2. The number of hydrogen-bond donors (Lipinski definition) is 2. The summed E-state index contributed by atoms with van der Waals surface area (Å²) in [4.78, 5) is 0. The number of phenols is 1. The van der Waals surface area contributed by atoms with Gasteiger partial charge in [0.05, 0.1) is 0 Å². The summed E-state index contributed by atoms with van der Waals surface area (Å²) in [6.45, 7) is 0. The average molecular weight is 268 g/mol. The number of hydrogen-bond acceptors (Lipinski definition) is 2. The topological polar surface area (TPSA) is 40.5 Å².